The molecule has 0 aliphatic heterocycles. The average Bonchev–Trinajstić information content (AvgIpc) is 3.02. The fourth-order valence-corrected chi connectivity index (χ4v) is 2.88. The maximum absolute atomic E-state index is 12.1. The second-order valence-electron chi connectivity index (χ2n) is 5.14. The van der Waals surface area contributed by atoms with Gasteiger partial charge in [0.15, 0.2) is 0 Å². The summed E-state index contributed by atoms with van der Waals surface area (Å²) >= 11 is 1.50. The zero-order chi connectivity index (χ0) is 15.1. The lowest BCUT2D eigenvalue weighted by atomic mass is 10.1. The molecule has 1 aromatic carbocycles. The fraction of sp³-hybridized carbons (Fsp3) is 0.353. The Hall–Kier alpha value is -1.65. The van der Waals surface area contributed by atoms with Crippen molar-refractivity contribution in [2.24, 2.45) is 5.73 Å². The first-order valence-corrected chi connectivity index (χ1v) is 8.27. The molecule has 1 amide bonds. The quantitative estimate of drug-likeness (QED) is 0.756. The molecule has 0 radical (unpaired) electrons. The van der Waals surface area contributed by atoms with E-state index in [0.29, 0.717) is 0 Å². The Kier molecular flexibility index (Phi) is 5.96. The topological polar surface area (TPSA) is 55.1 Å². The molecule has 0 aliphatic carbocycles. The van der Waals surface area contributed by atoms with Crippen LogP contribution in [0, 0.1) is 0 Å². The van der Waals surface area contributed by atoms with Crippen LogP contribution in [-0.2, 0) is 11.2 Å². The molecule has 1 heterocycles. The summed E-state index contributed by atoms with van der Waals surface area (Å²) in [5.41, 5.74) is 8.05. The number of thiophene rings is 1. The van der Waals surface area contributed by atoms with Gasteiger partial charge in [0.05, 0.1) is 0 Å². The molecule has 3 nitrogen and oxygen atoms in total. The lowest BCUT2D eigenvalue weighted by molar-refractivity contribution is -0.117. The fourth-order valence-electron chi connectivity index (χ4n) is 2.15. The minimum Gasteiger partial charge on any atom is -0.324 e. The van der Waals surface area contributed by atoms with Gasteiger partial charge in [-0.05, 0) is 42.0 Å². The van der Waals surface area contributed by atoms with Crippen LogP contribution in [0.5, 0.6) is 0 Å². The van der Waals surface area contributed by atoms with Crippen LogP contribution in [0.1, 0.15) is 42.7 Å². The highest BCUT2D eigenvalue weighted by Gasteiger charge is 2.16. The standard InChI is InChI=1S/C17H22N2OS/c1-2-3-4-6-13-8-10-14(11-9-13)19-17(20)16(18)15-7-5-12-21-15/h5,7-12,16H,2-4,6,18H2,1H3,(H,19,20). The summed E-state index contributed by atoms with van der Waals surface area (Å²) in [4.78, 5) is 13.0. The second kappa shape index (κ2) is 7.96. The molecule has 21 heavy (non-hydrogen) atoms. The number of hydrogen-bond donors (Lipinski definition) is 2. The van der Waals surface area contributed by atoms with Gasteiger partial charge in [0, 0.05) is 10.6 Å². The highest BCUT2D eigenvalue weighted by atomic mass is 32.1. The summed E-state index contributed by atoms with van der Waals surface area (Å²) in [6.45, 7) is 2.20. The van der Waals surface area contributed by atoms with Gasteiger partial charge in [-0.25, -0.2) is 0 Å². The molecular weight excluding hydrogens is 280 g/mol. The van der Waals surface area contributed by atoms with Crippen LogP contribution in [0.25, 0.3) is 0 Å². The van der Waals surface area contributed by atoms with Crippen LogP contribution < -0.4 is 11.1 Å². The minimum atomic E-state index is -0.603. The van der Waals surface area contributed by atoms with Crippen LogP contribution in [-0.4, -0.2) is 5.91 Å². The number of benzene rings is 1. The molecule has 4 heteroatoms. The van der Waals surface area contributed by atoms with Gasteiger partial charge in [0.1, 0.15) is 6.04 Å². The van der Waals surface area contributed by atoms with Crippen LogP contribution in [0.3, 0.4) is 0 Å². The Morgan fingerprint density at radius 3 is 2.62 bits per heavy atom. The number of nitrogens with one attached hydrogen (secondary N) is 1. The zero-order valence-electron chi connectivity index (χ0n) is 12.3. The second-order valence-corrected chi connectivity index (χ2v) is 6.12. The Morgan fingerprint density at radius 1 is 1.24 bits per heavy atom. The molecule has 1 aromatic heterocycles. The Bertz CT molecular complexity index is 549. The third-order valence-corrected chi connectivity index (χ3v) is 4.38. The normalized spacial score (nSPS) is 12.1. The molecule has 0 fully saturated rings. The molecule has 1 unspecified atom stereocenters. The SMILES string of the molecule is CCCCCc1ccc(NC(=O)C(N)c2cccs2)cc1. The molecular formula is C17H22N2OS. The number of anilines is 1. The van der Waals surface area contributed by atoms with Crippen molar-refractivity contribution in [3.8, 4) is 0 Å². The highest BCUT2D eigenvalue weighted by Crippen LogP contribution is 2.19. The first-order chi connectivity index (χ1) is 10.2. The summed E-state index contributed by atoms with van der Waals surface area (Å²) in [6.07, 6.45) is 4.80. The van der Waals surface area contributed by atoms with Crippen molar-refractivity contribution >= 4 is 22.9 Å². The largest absolute Gasteiger partial charge is 0.324 e. The van der Waals surface area contributed by atoms with E-state index in [-0.39, 0.29) is 5.91 Å². The Balaban J connectivity index is 1.89. The van der Waals surface area contributed by atoms with Gasteiger partial charge in [-0.1, -0.05) is 38.0 Å². The summed E-state index contributed by atoms with van der Waals surface area (Å²) in [7, 11) is 0. The molecule has 2 rings (SSSR count). The van der Waals surface area contributed by atoms with Crippen LogP contribution >= 0.6 is 11.3 Å². The molecule has 0 saturated carbocycles. The molecule has 0 bridgehead atoms. The van der Waals surface area contributed by atoms with Gasteiger partial charge in [0.25, 0.3) is 0 Å². The van der Waals surface area contributed by atoms with E-state index in [9.17, 15) is 4.79 Å². The number of nitrogens with two attached hydrogens (primary N) is 1. The van der Waals surface area contributed by atoms with Crippen molar-refractivity contribution in [1.82, 2.24) is 0 Å². The third-order valence-electron chi connectivity index (χ3n) is 3.42. The van der Waals surface area contributed by atoms with Crippen molar-refractivity contribution in [1.29, 1.82) is 0 Å². The number of rotatable bonds is 7. The lowest BCUT2D eigenvalue weighted by Crippen LogP contribution is -2.26. The maximum atomic E-state index is 12.1. The third kappa shape index (κ3) is 4.69. The van der Waals surface area contributed by atoms with E-state index in [1.165, 1.54) is 36.2 Å². The molecule has 0 aliphatic rings. The Labute approximate surface area is 130 Å². The minimum absolute atomic E-state index is 0.170. The van der Waals surface area contributed by atoms with E-state index in [2.05, 4.69) is 24.4 Å². The summed E-state index contributed by atoms with van der Waals surface area (Å²) in [5, 5.41) is 4.79. The average molecular weight is 302 g/mol. The van der Waals surface area contributed by atoms with Gasteiger partial charge >= 0.3 is 0 Å². The first kappa shape index (κ1) is 15.7. The predicted molar refractivity (Wildman–Crippen MR) is 89.5 cm³/mol. The zero-order valence-corrected chi connectivity index (χ0v) is 13.2. The van der Waals surface area contributed by atoms with Gasteiger partial charge in [-0.2, -0.15) is 0 Å². The summed E-state index contributed by atoms with van der Waals surface area (Å²) < 4.78 is 0. The van der Waals surface area contributed by atoms with Crippen LogP contribution in [0.4, 0.5) is 5.69 Å². The smallest absolute Gasteiger partial charge is 0.246 e. The highest BCUT2D eigenvalue weighted by molar-refractivity contribution is 7.10. The first-order valence-electron chi connectivity index (χ1n) is 7.39. The van der Waals surface area contributed by atoms with E-state index < -0.39 is 6.04 Å². The van der Waals surface area contributed by atoms with Crippen molar-refractivity contribution in [3.05, 3.63) is 52.2 Å². The number of amides is 1. The van der Waals surface area contributed by atoms with Crippen molar-refractivity contribution in [3.63, 3.8) is 0 Å². The number of hydrogen-bond acceptors (Lipinski definition) is 3. The lowest BCUT2D eigenvalue weighted by Gasteiger charge is -2.11. The monoisotopic (exact) mass is 302 g/mol. The van der Waals surface area contributed by atoms with Crippen LogP contribution in [0.15, 0.2) is 41.8 Å². The molecule has 0 saturated heterocycles. The Morgan fingerprint density at radius 2 is 2.00 bits per heavy atom. The number of aryl methyl sites for hydroxylation is 1. The summed E-state index contributed by atoms with van der Waals surface area (Å²) in [5.74, 6) is -0.170. The van der Waals surface area contributed by atoms with Crippen molar-refractivity contribution < 1.29 is 4.79 Å². The number of unbranched alkanes of at least 4 members (excludes halogenated alkanes) is 2. The molecule has 112 valence electrons. The molecule has 2 aromatic rings. The van der Waals surface area contributed by atoms with E-state index in [0.717, 1.165) is 17.0 Å². The van der Waals surface area contributed by atoms with E-state index in [1.54, 1.807) is 0 Å². The van der Waals surface area contributed by atoms with E-state index in [4.69, 9.17) is 5.73 Å². The van der Waals surface area contributed by atoms with Gasteiger partial charge in [0.2, 0.25) is 5.91 Å². The number of carbonyl (C=O) groups is 1. The molecule has 1 atom stereocenters. The van der Waals surface area contributed by atoms with Crippen molar-refractivity contribution in [2.45, 2.75) is 38.6 Å². The predicted octanol–water partition coefficient (Wildman–Crippen LogP) is 4.12. The number of carbonyl (C=O) groups excluding carboxylic acids is 1. The van der Waals surface area contributed by atoms with Gasteiger partial charge in [-0.3, -0.25) is 4.79 Å². The summed E-state index contributed by atoms with van der Waals surface area (Å²) in [6, 6.07) is 11.2. The van der Waals surface area contributed by atoms with Crippen LogP contribution in [0.2, 0.25) is 0 Å². The molecule has 0 spiro atoms. The van der Waals surface area contributed by atoms with Crippen molar-refractivity contribution in [2.75, 3.05) is 5.32 Å². The maximum Gasteiger partial charge on any atom is 0.246 e. The van der Waals surface area contributed by atoms with E-state index in [1.807, 2.05) is 29.6 Å². The van der Waals surface area contributed by atoms with Gasteiger partial charge < -0.3 is 11.1 Å². The van der Waals surface area contributed by atoms with Gasteiger partial charge in [-0.15, -0.1) is 11.3 Å². The van der Waals surface area contributed by atoms with E-state index >= 15 is 0 Å². The molecule has 3 N–H and O–H groups in total.